The molecule has 3 heteroatoms. The summed E-state index contributed by atoms with van der Waals surface area (Å²) in [5.74, 6) is -0.0492. The number of carbonyl (C=O) groups excluding carboxylic acids is 1. The third-order valence-corrected chi connectivity index (χ3v) is 3.54. The zero-order valence-corrected chi connectivity index (χ0v) is 12.8. The van der Waals surface area contributed by atoms with E-state index in [-0.39, 0.29) is 5.78 Å². The van der Waals surface area contributed by atoms with E-state index < -0.39 is 0 Å². The highest BCUT2D eigenvalue weighted by Crippen LogP contribution is 2.22. The molecule has 1 aromatic heterocycles. The van der Waals surface area contributed by atoms with E-state index in [0.717, 1.165) is 11.1 Å². The minimum Gasteiger partial charge on any atom is -0.289 e. The first-order valence-electron chi connectivity index (χ1n) is 7.38. The summed E-state index contributed by atoms with van der Waals surface area (Å²) >= 11 is 0. The summed E-state index contributed by atoms with van der Waals surface area (Å²) in [6, 6.07) is 17.2. The maximum atomic E-state index is 12.5. The van der Waals surface area contributed by atoms with Gasteiger partial charge in [-0.2, -0.15) is 0 Å². The molecule has 0 saturated heterocycles. The van der Waals surface area contributed by atoms with E-state index in [4.69, 9.17) is 0 Å². The molecule has 0 aliphatic rings. The molecule has 0 N–H and O–H groups in total. The minimum absolute atomic E-state index is 0.0492. The van der Waals surface area contributed by atoms with Crippen molar-refractivity contribution in [2.45, 2.75) is 6.92 Å². The molecule has 2 aromatic carbocycles. The lowest BCUT2D eigenvalue weighted by atomic mass is 9.98. The van der Waals surface area contributed by atoms with Crippen LogP contribution in [0.25, 0.3) is 5.57 Å². The van der Waals surface area contributed by atoms with E-state index in [0.29, 0.717) is 11.3 Å². The van der Waals surface area contributed by atoms with Crippen LogP contribution in [-0.4, -0.2) is 15.8 Å². The highest BCUT2D eigenvalue weighted by molar-refractivity contribution is 6.10. The van der Waals surface area contributed by atoms with Gasteiger partial charge in [0.05, 0.1) is 11.9 Å². The molecule has 0 aliphatic heterocycles. The number of benzene rings is 2. The summed E-state index contributed by atoms with van der Waals surface area (Å²) in [6.07, 6.45) is 6.55. The van der Waals surface area contributed by atoms with Crippen LogP contribution in [0, 0.1) is 6.92 Å². The van der Waals surface area contributed by atoms with Crippen molar-refractivity contribution in [1.29, 1.82) is 0 Å². The quantitative estimate of drug-likeness (QED) is 0.538. The molecule has 112 valence electrons. The molecule has 0 atom stereocenters. The molecule has 0 saturated carbocycles. The Bertz CT molecular complexity index is 823. The SMILES string of the molecule is Cc1ccc(/C(=C/C(=O)c2ccccc2)c2cnccn2)cc1. The Morgan fingerprint density at radius 1 is 0.913 bits per heavy atom. The van der Waals surface area contributed by atoms with E-state index in [1.165, 1.54) is 5.56 Å². The smallest absolute Gasteiger partial charge is 0.186 e. The molecule has 3 rings (SSSR count). The number of nitrogens with zero attached hydrogens (tertiary/aromatic N) is 2. The topological polar surface area (TPSA) is 42.9 Å². The zero-order valence-electron chi connectivity index (χ0n) is 12.8. The van der Waals surface area contributed by atoms with Crippen LogP contribution in [0.3, 0.4) is 0 Å². The number of carbonyl (C=O) groups is 1. The molecule has 1 heterocycles. The Labute approximate surface area is 135 Å². The van der Waals surface area contributed by atoms with Gasteiger partial charge in [0.15, 0.2) is 5.78 Å². The lowest BCUT2D eigenvalue weighted by Crippen LogP contribution is -1.99. The monoisotopic (exact) mass is 300 g/mol. The fraction of sp³-hybridized carbons (Fsp3) is 0.0500. The molecule has 3 aromatic rings. The fourth-order valence-electron chi connectivity index (χ4n) is 2.29. The first kappa shape index (κ1) is 14.9. The average molecular weight is 300 g/mol. The van der Waals surface area contributed by atoms with Crippen LogP contribution in [0.2, 0.25) is 0 Å². The number of allylic oxidation sites excluding steroid dienone is 1. The lowest BCUT2D eigenvalue weighted by molar-refractivity contribution is 0.104. The molecule has 0 amide bonds. The molecule has 0 fully saturated rings. The van der Waals surface area contributed by atoms with Crippen LogP contribution < -0.4 is 0 Å². The van der Waals surface area contributed by atoms with Crippen molar-refractivity contribution in [3.05, 3.63) is 102 Å². The Balaban J connectivity index is 2.07. The Hall–Kier alpha value is -3.07. The highest BCUT2D eigenvalue weighted by Gasteiger charge is 2.10. The summed E-state index contributed by atoms with van der Waals surface area (Å²) in [5, 5.41) is 0. The van der Waals surface area contributed by atoms with Gasteiger partial charge in [-0.25, -0.2) is 0 Å². The predicted molar refractivity (Wildman–Crippen MR) is 91.1 cm³/mol. The van der Waals surface area contributed by atoms with E-state index in [1.807, 2.05) is 61.5 Å². The van der Waals surface area contributed by atoms with Gasteiger partial charge in [0.2, 0.25) is 0 Å². The van der Waals surface area contributed by atoms with Gasteiger partial charge < -0.3 is 0 Å². The van der Waals surface area contributed by atoms with Gasteiger partial charge in [-0.15, -0.1) is 0 Å². The van der Waals surface area contributed by atoms with Gasteiger partial charge in [0.1, 0.15) is 0 Å². The van der Waals surface area contributed by atoms with Gasteiger partial charge in [-0.05, 0) is 18.6 Å². The maximum Gasteiger partial charge on any atom is 0.186 e. The molecule has 0 aliphatic carbocycles. The van der Waals surface area contributed by atoms with Gasteiger partial charge in [0, 0.05) is 23.5 Å². The van der Waals surface area contributed by atoms with E-state index >= 15 is 0 Å². The van der Waals surface area contributed by atoms with E-state index in [9.17, 15) is 4.79 Å². The fourth-order valence-corrected chi connectivity index (χ4v) is 2.29. The highest BCUT2D eigenvalue weighted by atomic mass is 16.1. The van der Waals surface area contributed by atoms with Crippen molar-refractivity contribution in [1.82, 2.24) is 9.97 Å². The molecule has 0 bridgehead atoms. The molecular formula is C20H16N2O. The van der Waals surface area contributed by atoms with Gasteiger partial charge in [-0.3, -0.25) is 14.8 Å². The first-order chi connectivity index (χ1) is 11.2. The second-order valence-corrected chi connectivity index (χ2v) is 5.24. The summed E-state index contributed by atoms with van der Waals surface area (Å²) in [5.41, 5.74) is 4.22. The molecule has 0 unspecified atom stereocenters. The van der Waals surface area contributed by atoms with E-state index in [1.54, 1.807) is 24.7 Å². The number of rotatable bonds is 4. The summed E-state index contributed by atoms with van der Waals surface area (Å²) in [7, 11) is 0. The lowest BCUT2D eigenvalue weighted by Gasteiger charge is -2.07. The van der Waals surface area contributed by atoms with Crippen LogP contribution in [-0.2, 0) is 0 Å². The van der Waals surface area contributed by atoms with Crippen molar-refractivity contribution in [3.63, 3.8) is 0 Å². The Kier molecular flexibility index (Phi) is 4.39. The normalized spacial score (nSPS) is 11.3. The van der Waals surface area contributed by atoms with Crippen molar-refractivity contribution in [2.24, 2.45) is 0 Å². The van der Waals surface area contributed by atoms with Crippen LogP contribution in [0.5, 0.6) is 0 Å². The summed E-state index contributed by atoms with van der Waals surface area (Å²) in [4.78, 5) is 21.0. The third kappa shape index (κ3) is 3.58. The zero-order chi connectivity index (χ0) is 16.1. The van der Waals surface area contributed by atoms with Crippen molar-refractivity contribution >= 4 is 11.4 Å². The molecular weight excluding hydrogens is 284 g/mol. The standard InChI is InChI=1S/C20H16N2O/c1-15-7-9-16(10-8-15)18(19-14-21-11-12-22-19)13-20(23)17-5-3-2-4-6-17/h2-14H,1H3/b18-13-. The van der Waals surface area contributed by atoms with Gasteiger partial charge in [0.25, 0.3) is 0 Å². The third-order valence-electron chi connectivity index (χ3n) is 3.54. The first-order valence-corrected chi connectivity index (χ1v) is 7.38. The van der Waals surface area contributed by atoms with Crippen molar-refractivity contribution in [3.8, 4) is 0 Å². The van der Waals surface area contributed by atoms with Crippen LogP contribution in [0.15, 0.2) is 79.3 Å². The molecule has 0 spiro atoms. The largest absolute Gasteiger partial charge is 0.289 e. The van der Waals surface area contributed by atoms with Gasteiger partial charge >= 0.3 is 0 Å². The average Bonchev–Trinajstić information content (AvgIpc) is 2.62. The molecule has 0 radical (unpaired) electrons. The number of ketones is 1. The summed E-state index contributed by atoms with van der Waals surface area (Å²) in [6.45, 7) is 2.03. The second-order valence-electron chi connectivity index (χ2n) is 5.24. The van der Waals surface area contributed by atoms with Crippen molar-refractivity contribution in [2.75, 3.05) is 0 Å². The van der Waals surface area contributed by atoms with Crippen LogP contribution in [0.4, 0.5) is 0 Å². The second kappa shape index (κ2) is 6.79. The number of hydrogen-bond donors (Lipinski definition) is 0. The maximum absolute atomic E-state index is 12.5. The number of aromatic nitrogens is 2. The number of hydrogen-bond acceptors (Lipinski definition) is 3. The number of aryl methyl sites for hydroxylation is 1. The Morgan fingerprint density at radius 2 is 1.65 bits per heavy atom. The van der Waals surface area contributed by atoms with E-state index in [2.05, 4.69) is 9.97 Å². The minimum atomic E-state index is -0.0492. The van der Waals surface area contributed by atoms with Crippen LogP contribution in [0.1, 0.15) is 27.2 Å². The van der Waals surface area contributed by atoms with Gasteiger partial charge in [-0.1, -0.05) is 60.2 Å². The molecule has 3 nitrogen and oxygen atoms in total. The van der Waals surface area contributed by atoms with Crippen molar-refractivity contribution < 1.29 is 4.79 Å². The Morgan fingerprint density at radius 3 is 2.30 bits per heavy atom. The van der Waals surface area contributed by atoms with Crippen LogP contribution >= 0.6 is 0 Å². The molecule has 23 heavy (non-hydrogen) atoms. The summed E-state index contributed by atoms with van der Waals surface area (Å²) < 4.78 is 0. The predicted octanol–water partition coefficient (Wildman–Crippen LogP) is 4.10.